The van der Waals surface area contributed by atoms with Crippen LogP contribution in [0.25, 0.3) is 0 Å². The van der Waals surface area contributed by atoms with Crippen LogP contribution in [-0.4, -0.2) is 0 Å². The first kappa shape index (κ1) is 14.6. The molecule has 0 heterocycles. The minimum atomic E-state index is -0.399. The second-order valence-corrected chi connectivity index (χ2v) is 4.81. The molecule has 5 heteroatoms. The molecule has 0 atom stereocenters. The van der Waals surface area contributed by atoms with Gasteiger partial charge in [-0.2, -0.15) is 5.26 Å². The maximum Gasteiger partial charge on any atom is 0.127 e. The molecular formula is C15H10Cl2FNO. The van der Waals surface area contributed by atoms with E-state index in [2.05, 4.69) is 0 Å². The molecule has 2 rings (SSSR count). The van der Waals surface area contributed by atoms with Crippen LogP contribution in [0.5, 0.6) is 5.75 Å². The minimum Gasteiger partial charge on any atom is -0.489 e. The highest BCUT2D eigenvalue weighted by molar-refractivity contribution is 6.31. The van der Waals surface area contributed by atoms with Gasteiger partial charge in [0.1, 0.15) is 18.2 Å². The van der Waals surface area contributed by atoms with Gasteiger partial charge in [0, 0.05) is 22.5 Å². The summed E-state index contributed by atoms with van der Waals surface area (Å²) >= 11 is 11.7. The van der Waals surface area contributed by atoms with Gasteiger partial charge in [0.15, 0.2) is 0 Å². The summed E-state index contributed by atoms with van der Waals surface area (Å²) in [5.74, 6) is 0.205. The van der Waals surface area contributed by atoms with E-state index >= 15 is 0 Å². The van der Waals surface area contributed by atoms with E-state index < -0.39 is 5.82 Å². The van der Waals surface area contributed by atoms with E-state index in [1.54, 1.807) is 24.3 Å². The molecule has 0 aliphatic heterocycles. The summed E-state index contributed by atoms with van der Waals surface area (Å²) in [7, 11) is 0. The van der Waals surface area contributed by atoms with Crippen molar-refractivity contribution in [1.82, 2.24) is 0 Å². The van der Waals surface area contributed by atoms with Crippen LogP contribution in [0.1, 0.15) is 16.7 Å². The van der Waals surface area contributed by atoms with Gasteiger partial charge in [-0.05, 0) is 29.8 Å². The van der Waals surface area contributed by atoms with Crippen LogP contribution in [0.3, 0.4) is 0 Å². The van der Waals surface area contributed by atoms with E-state index in [0.29, 0.717) is 21.9 Å². The topological polar surface area (TPSA) is 33.0 Å². The normalized spacial score (nSPS) is 10.1. The predicted molar refractivity (Wildman–Crippen MR) is 76.5 cm³/mol. The summed E-state index contributed by atoms with van der Waals surface area (Å²) in [5, 5.41) is 9.20. The van der Waals surface area contributed by atoms with Crippen molar-refractivity contribution in [1.29, 1.82) is 5.26 Å². The van der Waals surface area contributed by atoms with Gasteiger partial charge in [-0.1, -0.05) is 17.7 Å². The van der Waals surface area contributed by atoms with Crippen molar-refractivity contribution in [2.75, 3.05) is 0 Å². The van der Waals surface area contributed by atoms with Crippen molar-refractivity contribution >= 4 is 23.2 Å². The lowest BCUT2D eigenvalue weighted by Gasteiger charge is -2.09. The average Bonchev–Trinajstić information content (AvgIpc) is 2.45. The Kier molecular flexibility index (Phi) is 4.84. The summed E-state index contributed by atoms with van der Waals surface area (Å²) in [6, 6.07) is 11.2. The number of ether oxygens (including phenoxy) is 1. The molecule has 0 aliphatic carbocycles. The maximum atomic E-state index is 13.3. The third kappa shape index (κ3) is 3.63. The Balaban J connectivity index is 2.13. The maximum absolute atomic E-state index is 13.3. The largest absolute Gasteiger partial charge is 0.489 e. The quantitative estimate of drug-likeness (QED) is 0.769. The summed E-state index contributed by atoms with van der Waals surface area (Å²) in [6.07, 6.45) is 0. The molecule has 0 N–H and O–H groups in total. The van der Waals surface area contributed by atoms with Gasteiger partial charge in [-0.3, -0.25) is 0 Å². The molecule has 0 fully saturated rings. The molecule has 0 spiro atoms. The molecule has 0 bridgehead atoms. The lowest BCUT2D eigenvalue weighted by molar-refractivity contribution is 0.304. The zero-order valence-corrected chi connectivity index (χ0v) is 11.9. The molecular weight excluding hydrogens is 300 g/mol. The monoisotopic (exact) mass is 309 g/mol. The van der Waals surface area contributed by atoms with Crippen LogP contribution >= 0.6 is 23.2 Å². The van der Waals surface area contributed by atoms with Crippen molar-refractivity contribution in [3.63, 3.8) is 0 Å². The standard InChI is InChI=1S/C15H10Cl2FNO/c16-7-11-3-13(18)6-14(4-11)20-9-12-2-1-10(8-19)5-15(12)17/h1-6H,7,9H2. The first-order chi connectivity index (χ1) is 9.62. The van der Waals surface area contributed by atoms with E-state index in [1.807, 2.05) is 6.07 Å². The van der Waals surface area contributed by atoms with Gasteiger partial charge < -0.3 is 4.74 Å². The Morgan fingerprint density at radius 2 is 2.00 bits per heavy atom. The summed E-state index contributed by atoms with van der Waals surface area (Å²) in [6.45, 7) is 0.190. The molecule has 0 unspecified atom stereocenters. The lowest BCUT2D eigenvalue weighted by atomic mass is 10.1. The van der Waals surface area contributed by atoms with E-state index in [0.717, 1.165) is 5.56 Å². The molecule has 0 radical (unpaired) electrons. The Morgan fingerprint density at radius 3 is 2.65 bits per heavy atom. The Bertz CT molecular complexity index is 667. The molecule has 2 aromatic rings. The molecule has 0 aromatic heterocycles. The van der Waals surface area contributed by atoms with Crippen LogP contribution in [0, 0.1) is 17.1 Å². The van der Waals surface area contributed by atoms with E-state index in [4.69, 9.17) is 33.2 Å². The number of hydrogen-bond donors (Lipinski definition) is 0. The SMILES string of the molecule is N#Cc1ccc(COc2cc(F)cc(CCl)c2)c(Cl)c1. The zero-order valence-electron chi connectivity index (χ0n) is 10.4. The molecule has 0 amide bonds. The van der Waals surface area contributed by atoms with Gasteiger partial charge in [-0.15, -0.1) is 11.6 Å². The highest BCUT2D eigenvalue weighted by atomic mass is 35.5. The van der Waals surface area contributed by atoms with Crippen molar-refractivity contribution in [2.45, 2.75) is 12.5 Å². The molecule has 20 heavy (non-hydrogen) atoms. The summed E-state index contributed by atoms with van der Waals surface area (Å²) in [5.41, 5.74) is 1.85. The molecule has 0 aliphatic rings. The number of nitrogens with zero attached hydrogens (tertiary/aromatic N) is 1. The van der Waals surface area contributed by atoms with E-state index in [1.165, 1.54) is 12.1 Å². The van der Waals surface area contributed by atoms with E-state index in [9.17, 15) is 4.39 Å². The Morgan fingerprint density at radius 1 is 1.20 bits per heavy atom. The lowest BCUT2D eigenvalue weighted by Crippen LogP contribution is -1.98. The molecule has 2 nitrogen and oxygen atoms in total. The van der Waals surface area contributed by atoms with Gasteiger partial charge >= 0.3 is 0 Å². The van der Waals surface area contributed by atoms with Gasteiger partial charge in [0.2, 0.25) is 0 Å². The number of benzene rings is 2. The minimum absolute atomic E-state index is 0.190. The number of alkyl halides is 1. The number of hydrogen-bond acceptors (Lipinski definition) is 2. The van der Waals surface area contributed by atoms with E-state index in [-0.39, 0.29) is 12.5 Å². The van der Waals surface area contributed by atoms with Crippen LogP contribution in [0.4, 0.5) is 4.39 Å². The second kappa shape index (κ2) is 6.60. The second-order valence-electron chi connectivity index (χ2n) is 4.14. The van der Waals surface area contributed by atoms with Crippen LogP contribution in [-0.2, 0) is 12.5 Å². The fourth-order valence-corrected chi connectivity index (χ4v) is 2.07. The van der Waals surface area contributed by atoms with Crippen LogP contribution < -0.4 is 4.74 Å². The fourth-order valence-electron chi connectivity index (χ4n) is 1.68. The first-order valence-corrected chi connectivity index (χ1v) is 6.70. The first-order valence-electron chi connectivity index (χ1n) is 5.79. The van der Waals surface area contributed by atoms with Crippen LogP contribution in [0.15, 0.2) is 36.4 Å². The molecule has 102 valence electrons. The predicted octanol–water partition coefficient (Wildman–Crippen LogP) is 4.67. The third-order valence-electron chi connectivity index (χ3n) is 2.66. The third-order valence-corrected chi connectivity index (χ3v) is 3.32. The Labute approximate surface area is 126 Å². The van der Waals surface area contributed by atoms with Crippen molar-refractivity contribution < 1.29 is 9.13 Å². The molecule has 0 saturated carbocycles. The van der Waals surface area contributed by atoms with Crippen molar-refractivity contribution in [2.24, 2.45) is 0 Å². The molecule has 0 saturated heterocycles. The highest BCUT2D eigenvalue weighted by Gasteiger charge is 2.05. The van der Waals surface area contributed by atoms with Crippen LogP contribution in [0.2, 0.25) is 5.02 Å². The number of halogens is 3. The Hall–Kier alpha value is -1.76. The fraction of sp³-hybridized carbons (Fsp3) is 0.133. The van der Waals surface area contributed by atoms with Crippen molar-refractivity contribution in [3.8, 4) is 11.8 Å². The summed E-state index contributed by atoms with van der Waals surface area (Å²) < 4.78 is 18.8. The van der Waals surface area contributed by atoms with Crippen molar-refractivity contribution in [3.05, 3.63) is 63.9 Å². The summed E-state index contributed by atoms with van der Waals surface area (Å²) in [4.78, 5) is 0. The number of nitriles is 1. The number of rotatable bonds is 4. The van der Waals surface area contributed by atoms with Gasteiger partial charge in [0.05, 0.1) is 11.6 Å². The highest BCUT2D eigenvalue weighted by Crippen LogP contribution is 2.22. The smallest absolute Gasteiger partial charge is 0.127 e. The molecule has 2 aromatic carbocycles. The average molecular weight is 310 g/mol. The van der Waals surface area contributed by atoms with Gasteiger partial charge in [-0.25, -0.2) is 4.39 Å². The zero-order chi connectivity index (χ0) is 14.5. The van der Waals surface area contributed by atoms with Gasteiger partial charge in [0.25, 0.3) is 0 Å².